The van der Waals surface area contributed by atoms with Crippen molar-refractivity contribution in [1.82, 2.24) is 0 Å². The summed E-state index contributed by atoms with van der Waals surface area (Å²) in [6, 6.07) is 10.3. The molecule has 0 saturated heterocycles. The van der Waals surface area contributed by atoms with Crippen molar-refractivity contribution in [2.75, 3.05) is 6.61 Å². The Morgan fingerprint density at radius 3 is 2.33 bits per heavy atom. The van der Waals surface area contributed by atoms with Crippen molar-refractivity contribution in [3.8, 4) is 0 Å². The van der Waals surface area contributed by atoms with Gasteiger partial charge in [0.25, 0.3) is 0 Å². The Morgan fingerprint density at radius 2 is 1.73 bits per heavy atom. The number of hydrogen-bond acceptors (Lipinski definition) is 1. The fourth-order valence-electron chi connectivity index (χ4n) is 1.47. The molecule has 0 unspecified atom stereocenters. The quantitative estimate of drug-likeness (QED) is 0.661. The molecule has 0 fully saturated rings. The lowest BCUT2D eigenvalue weighted by Gasteiger charge is -2.17. The molecular formula is C14H22O. The molecule has 0 atom stereocenters. The zero-order chi connectivity index (χ0) is 11.1. The molecule has 0 bridgehead atoms. The molecule has 0 aliphatic carbocycles. The van der Waals surface area contributed by atoms with E-state index >= 15 is 0 Å². The van der Waals surface area contributed by atoms with Gasteiger partial charge in [-0.3, -0.25) is 0 Å². The molecule has 1 nitrogen and oxygen atoms in total. The monoisotopic (exact) mass is 206 g/mol. The summed E-state index contributed by atoms with van der Waals surface area (Å²) in [5.41, 5.74) is 1.68. The molecular weight excluding hydrogens is 184 g/mol. The van der Waals surface area contributed by atoms with Crippen LogP contribution < -0.4 is 0 Å². The summed E-state index contributed by atoms with van der Waals surface area (Å²) in [6.07, 6.45) is 2.37. The van der Waals surface area contributed by atoms with Crippen molar-refractivity contribution in [3.63, 3.8) is 0 Å². The van der Waals surface area contributed by atoms with Gasteiger partial charge in [0, 0.05) is 6.61 Å². The maximum atomic E-state index is 5.62. The van der Waals surface area contributed by atoms with Crippen LogP contribution in [-0.2, 0) is 11.3 Å². The van der Waals surface area contributed by atoms with Crippen molar-refractivity contribution in [2.45, 2.75) is 40.2 Å². The lowest BCUT2D eigenvalue weighted by molar-refractivity contribution is 0.110. The fourth-order valence-corrected chi connectivity index (χ4v) is 1.47. The summed E-state index contributed by atoms with van der Waals surface area (Å²) in [4.78, 5) is 0. The molecule has 15 heavy (non-hydrogen) atoms. The van der Waals surface area contributed by atoms with Crippen molar-refractivity contribution in [2.24, 2.45) is 5.41 Å². The SMILES string of the molecule is CC(C)(C)CCCOCc1ccccc1. The van der Waals surface area contributed by atoms with Gasteiger partial charge in [0.1, 0.15) is 0 Å². The molecule has 0 aromatic heterocycles. The first-order valence-electron chi connectivity index (χ1n) is 5.70. The molecule has 0 saturated carbocycles. The Bertz CT molecular complexity index is 258. The van der Waals surface area contributed by atoms with Gasteiger partial charge in [0.2, 0.25) is 0 Å². The Hall–Kier alpha value is -0.820. The molecule has 1 aromatic rings. The van der Waals surface area contributed by atoms with Crippen molar-refractivity contribution in [3.05, 3.63) is 35.9 Å². The zero-order valence-electron chi connectivity index (χ0n) is 10.1. The van der Waals surface area contributed by atoms with Crippen LogP contribution in [0.2, 0.25) is 0 Å². The third-order valence-electron chi connectivity index (χ3n) is 2.33. The number of rotatable bonds is 5. The van der Waals surface area contributed by atoms with E-state index in [2.05, 4.69) is 32.9 Å². The lowest BCUT2D eigenvalue weighted by atomic mass is 9.91. The third-order valence-corrected chi connectivity index (χ3v) is 2.33. The Morgan fingerprint density at radius 1 is 1.07 bits per heavy atom. The molecule has 0 aliphatic rings. The largest absolute Gasteiger partial charge is 0.377 e. The summed E-state index contributed by atoms with van der Waals surface area (Å²) in [7, 11) is 0. The summed E-state index contributed by atoms with van der Waals surface area (Å²) >= 11 is 0. The van der Waals surface area contributed by atoms with Gasteiger partial charge in [0.05, 0.1) is 6.61 Å². The molecule has 84 valence electrons. The molecule has 0 N–H and O–H groups in total. The van der Waals surface area contributed by atoms with Gasteiger partial charge < -0.3 is 4.74 Å². The van der Waals surface area contributed by atoms with Gasteiger partial charge in [-0.2, -0.15) is 0 Å². The predicted octanol–water partition coefficient (Wildman–Crippen LogP) is 4.03. The summed E-state index contributed by atoms with van der Waals surface area (Å²) in [5, 5.41) is 0. The molecule has 1 heteroatoms. The lowest BCUT2D eigenvalue weighted by Crippen LogP contribution is -2.06. The van der Waals surface area contributed by atoms with Gasteiger partial charge in [-0.1, -0.05) is 51.1 Å². The maximum absolute atomic E-state index is 5.62. The predicted molar refractivity (Wildman–Crippen MR) is 64.8 cm³/mol. The highest BCUT2D eigenvalue weighted by Crippen LogP contribution is 2.20. The van der Waals surface area contributed by atoms with E-state index in [-0.39, 0.29) is 0 Å². The maximum Gasteiger partial charge on any atom is 0.0716 e. The normalized spacial score (nSPS) is 11.7. The number of hydrogen-bond donors (Lipinski definition) is 0. The first-order chi connectivity index (χ1) is 7.08. The number of benzene rings is 1. The molecule has 1 aromatic carbocycles. The highest BCUT2D eigenvalue weighted by molar-refractivity contribution is 5.13. The van der Waals surface area contributed by atoms with Crippen LogP contribution in [-0.4, -0.2) is 6.61 Å². The van der Waals surface area contributed by atoms with Gasteiger partial charge in [-0.25, -0.2) is 0 Å². The van der Waals surface area contributed by atoms with Crippen molar-refractivity contribution < 1.29 is 4.74 Å². The van der Waals surface area contributed by atoms with Gasteiger partial charge in [0.15, 0.2) is 0 Å². The molecule has 0 radical (unpaired) electrons. The Balaban J connectivity index is 2.08. The minimum Gasteiger partial charge on any atom is -0.377 e. The van der Waals surface area contributed by atoms with E-state index in [4.69, 9.17) is 4.74 Å². The minimum absolute atomic E-state index is 0.427. The first-order valence-corrected chi connectivity index (χ1v) is 5.70. The average Bonchev–Trinajstić information content (AvgIpc) is 2.17. The molecule has 0 spiro atoms. The van der Waals surface area contributed by atoms with Crippen LogP contribution in [0.3, 0.4) is 0 Å². The van der Waals surface area contributed by atoms with Crippen LogP contribution in [0.1, 0.15) is 39.2 Å². The van der Waals surface area contributed by atoms with Gasteiger partial charge in [-0.15, -0.1) is 0 Å². The summed E-state index contributed by atoms with van der Waals surface area (Å²) < 4.78 is 5.62. The zero-order valence-corrected chi connectivity index (χ0v) is 10.1. The van der Waals surface area contributed by atoms with Crippen LogP contribution in [0, 0.1) is 5.41 Å². The smallest absolute Gasteiger partial charge is 0.0716 e. The van der Waals surface area contributed by atoms with Crippen LogP contribution in [0.5, 0.6) is 0 Å². The van der Waals surface area contributed by atoms with Crippen LogP contribution >= 0.6 is 0 Å². The average molecular weight is 206 g/mol. The van der Waals surface area contributed by atoms with Crippen molar-refractivity contribution in [1.29, 1.82) is 0 Å². The Kier molecular flexibility index (Phi) is 4.83. The second-order valence-electron chi connectivity index (χ2n) is 5.20. The van der Waals surface area contributed by atoms with E-state index in [1.807, 2.05) is 18.2 Å². The minimum atomic E-state index is 0.427. The second kappa shape index (κ2) is 5.92. The van der Waals surface area contributed by atoms with E-state index in [0.29, 0.717) is 5.41 Å². The second-order valence-corrected chi connectivity index (χ2v) is 5.20. The summed E-state index contributed by atoms with van der Waals surface area (Å²) in [5.74, 6) is 0. The van der Waals surface area contributed by atoms with E-state index in [0.717, 1.165) is 19.6 Å². The highest BCUT2D eigenvalue weighted by atomic mass is 16.5. The van der Waals surface area contributed by atoms with Crippen molar-refractivity contribution >= 4 is 0 Å². The summed E-state index contributed by atoms with van der Waals surface area (Å²) in [6.45, 7) is 8.41. The first kappa shape index (κ1) is 12.3. The van der Waals surface area contributed by atoms with E-state index < -0.39 is 0 Å². The van der Waals surface area contributed by atoms with Crippen LogP contribution in [0.4, 0.5) is 0 Å². The molecule has 0 amide bonds. The topological polar surface area (TPSA) is 9.23 Å². The molecule has 1 rings (SSSR count). The standard InChI is InChI=1S/C14H22O/c1-14(2,3)10-7-11-15-12-13-8-5-4-6-9-13/h4-6,8-9H,7,10-12H2,1-3H3. The third kappa shape index (κ3) is 6.29. The Labute approximate surface area is 93.5 Å². The number of ether oxygens (including phenoxy) is 1. The van der Waals surface area contributed by atoms with Crippen LogP contribution in [0.15, 0.2) is 30.3 Å². The highest BCUT2D eigenvalue weighted by Gasteiger charge is 2.08. The van der Waals surface area contributed by atoms with E-state index in [1.165, 1.54) is 12.0 Å². The molecule has 0 aliphatic heterocycles. The van der Waals surface area contributed by atoms with Gasteiger partial charge >= 0.3 is 0 Å². The van der Waals surface area contributed by atoms with E-state index in [1.54, 1.807) is 0 Å². The van der Waals surface area contributed by atoms with E-state index in [9.17, 15) is 0 Å². The van der Waals surface area contributed by atoms with Crippen LogP contribution in [0.25, 0.3) is 0 Å². The fraction of sp³-hybridized carbons (Fsp3) is 0.571. The molecule has 0 heterocycles. The van der Waals surface area contributed by atoms with Gasteiger partial charge in [-0.05, 0) is 23.8 Å².